The molecule has 5 atom stereocenters. The quantitative estimate of drug-likeness (QED) is 0.219. The van der Waals surface area contributed by atoms with Gasteiger partial charge in [0.15, 0.2) is 12.3 Å². The van der Waals surface area contributed by atoms with Gasteiger partial charge in [0.25, 0.3) is 0 Å². The molecule has 0 aromatic heterocycles. The first-order valence-corrected chi connectivity index (χ1v) is 16.4. The van der Waals surface area contributed by atoms with Crippen molar-refractivity contribution in [1.82, 2.24) is 20.9 Å². The van der Waals surface area contributed by atoms with E-state index in [4.69, 9.17) is 9.47 Å². The highest BCUT2D eigenvalue weighted by atomic mass is 16.5. The van der Waals surface area contributed by atoms with Crippen molar-refractivity contribution in [3.8, 4) is 0 Å². The Hall–Kier alpha value is -2.20. The topological polar surface area (TPSA) is 126 Å². The van der Waals surface area contributed by atoms with E-state index in [1.807, 2.05) is 20.8 Å². The van der Waals surface area contributed by atoms with E-state index in [1.165, 1.54) is 46.6 Å². The van der Waals surface area contributed by atoms with E-state index in [1.54, 1.807) is 4.90 Å². The Balaban J connectivity index is 2.31. The molecule has 10 nitrogen and oxygen atoms in total. The molecule has 0 spiro atoms. The summed E-state index contributed by atoms with van der Waals surface area (Å²) >= 11 is 0. The summed E-state index contributed by atoms with van der Waals surface area (Å²) < 4.78 is 12.7. The van der Waals surface area contributed by atoms with Gasteiger partial charge in [-0.1, -0.05) is 58.8 Å². The van der Waals surface area contributed by atoms with Crippen molar-refractivity contribution in [3.63, 3.8) is 0 Å². The van der Waals surface area contributed by atoms with Crippen molar-refractivity contribution >= 4 is 23.6 Å². The van der Waals surface area contributed by atoms with Crippen LogP contribution in [0.1, 0.15) is 112 Å². The SMILES string of the molecule is CCCC(C)C(=O)NC(C(=O)NC)C(OCC(NC(C)=O)C(C)OCC1CCCCC1)N(CC1CCCCC1)C(C)=O. The van der Waals surface area contributed by atoms with Gasteiger partial charge < -0.3 is 30.3 Å². The monoisotopic (exact) mass is 594 g/mol. The fourth-order valence-electron chi connectivity index (χ4n) is 6.22. The van der Waals surface area contributed by atoms with Gasteiger partial charge in [0.2, 0.25) is 23.6 Å². The maximum absolute atomic E-state index is 13.3. The molecule has 42 heavy (non-hydrogen) atoms. The zero-order chi connectivity index (χ0) is 31.1. The number of ether oxygens (including phenoxy) is 2. The van der Waals surface area contributed by atoms with Gasteiger partial charge in [0.1, 0.15) is 0 Å². The highest BCUT2D eigenvalue weighted by molar-refractivity contribution is 5.89. The van der Waals surface area contributed by atoms with Gasteiger partial charge in [-0.15, -0.1) is 0 Å². The Morgan fingerprint density at radius 2 is 1.43 bits per heavy atom. The van der Waals surface area contributed by atoms with Crippen LogP contribution in [0.4, 0.5) is 0 Å². The molecule has 0 bridgehead atoms. The van der Waals surface area contributed by atoms with Crippen molar-refractivity contribution in [2.75, 3.05) is 26.8 Å². The fraction of sp³-hybridized carbons (Fsp3) is 0.875. The summed E-state index contributed by atoms with van der Waals surface area (Å²) in [7, 11) is 1.51. The summed E-state index contributed by atoms with van der Waals surface area (Å²) in [6.07, 6.45) is 11.5. The normalized spacial score (nSPS) is 20.0. The van der Waals surface area contributed by atoms with Crippen LogP contribution in [0.15, 0.2) is 0 Å². The van der Waals surface area contributed by atoms with Crippen molar-refractivity contribution in [2.45, 2.75) is 136 Å². The molecule has 2 aliphatic carbocycles. The number of carbonyl (C=O) groups excluding carboxylic acids is 4. The third-order valence-electron chi connectivity index (χ3n) is 8.89. The largest absolute Gasteiger partial charge is 0.376 e. The van der Waals surface area contributed by atoms with E-state index in [2.05, 4.69) is 16.0 Å². The van der Waals surface area contributed by atoms with E-state index < -0.39 is 24.2 Å². The Kier molecular flexibility index (Phi) is 16.4. The maximum Gasteiger partial charge on any atom is 0.247 e. The van der Waals surface area contributed by atoms with Gasteiger partial charge in [0, 0.05) is 40.0 Å². The van der Waals surface area contributed by atoms with Gasteiger partial charge in [0.05, 0.1) is 18.8 Å². The molecular weight excluding hydrogens is 536 g/mol. The minimum atomic E-state index is -1.12. The first kappa shape index (κ1) is 36.0. The van der Waals surface area contributed by atoms with Crippen molar-refractivity contribution in [3.05, 3.63) is 0 Å². The lowest BCUT2D eigenvalue weighted by Gasteiger charge is -2.39. The number of carbonyl (C=O) groups is 4. The lowest BCUT2D eigenvalue weighted by atomic mass is 9.88. The Morgan fingerprint density at radius 1 is 0.833 bits per heavy atom. The lowest BCUT2D eigenvalue weighted by molar-refractivity contribution is -0.159. The van der Waals surface area contributed by atoms with Crippen LogP contribution in [0.5, 0.6) is 0 Å². The summed E-state index contributed by atoms with van der Waals surface area (Å²) in [5.74, 6) is -0.650. The number of amides is 4. The molecule has 242 valence electrons. The third-order valence-corrected chi connectivity index (χ3v) is 8.89. The van der Waals surface area contributed by atoms with E-state index in [0.29, 0.717) is 25.5 Å². The molecule has 0 radical (unpaired) electrons. The number of nitrogens with one attached hydrogen (secondary N) is 3. The van der Waals surface area contributed by atoms with E-state index in [0.717, 1.165) is 44.9 Å². The summed E-state index contributed by atoms with van der Waals surface area (Å²) in [5, 5.41) is 8.50. The van der Waals surface area contributed by atoms with E-state index >= 15 is 0 Å². The fourth-order valence-corrected chi connectivity index (χ4v) is 6.22. The molecule has 2 fully saturated rings. The first-order valence-electron chi connectivity index (χ1n) is 16.4. The molecule has 0 aliphatic heterocycles. The number of likely N-dealkylation sites (N-methyl/N-ethyl adjacent to an activating group) is 1. The van der Waals surface area contributed by atoms with Gasteiger partial charge in [-0.2, -0.15) is 0 Å². The van der Waals surface area contributed by atoms with Gasteiger partial charge in [-0.05, 0) is 50.9 Å². The first-order chi connectivity index (χ1) is 20.1. The third kappa shape index (κ3) is 12.2. The van der Waals surface area contributed by atoms with Crippen molar-refractivity contribution in [1.29, 1.82) is 0 Å². The Labute approximate surface area is 253 Å². The molecule has 0 aromatic carbocycles. The number of rotatable bonds is 17. The van der Waals surface area contributed by atoms with E-state index in [9.17, 15) is 19.2 Å². The van der Waals surface area contributed by atoms with Crippen LogP contribution in [0, 0.1) is 17.8 Å². The summed E-state index contributed by atoms with van der Waals surface area (Å²) in [4.78, 5) is 53.3. The highest BCUT2D eigenvalue weighted by Crippen LogP contribution is 2.27. The van der Waals surface area contributed by atoms with Gasteiger partial charge in [-0.3, -0.25) is 19.2 Å². The molecule has 3 N–H and O–H groups in total. The Morgan fingerprint density at radius 3 is 1.95 bits per heavy atom. The second-order valence-electron chi connectivity index (χ2n) is 12.5. The molecule has 2 aliphatic rings. The number of hydrogen-bond acceptors (Lipinski definition) is 6. The summed E-state index contributed by atoms with van der Waals surface area (Å²) in [5.41, 5.74) is 0. The summed E-state index contributed by atoms with van der Waals surface area (Å²) in [6.45, 7) is 9.75. The second kappa shape index (κ2) is 19.2. The average Bonchev–Trinajstić information content (AvgIpc) is 2.98. The highest BCUT2D eigenvalue weighted by Gasteiger charge is 2.39. The molecular formula is C32H58N4O6. The number of hydrogen-bond donors (Lipinski definition) is 3. The molecule has 2 saturated carbocycles. The molecule has 2 rings (SSSR count). The van der Waals surface area contributed by atoms with Crippen LogP contribution in [0.25, 0.3) is 0 Å². The van der Waals surface area contributed by atoms with E-state index in [-0.39, 0.29) is 42.3 Å². The number of nitrogens with zero attached hydrogens (tertiary/aromatic N) is 1. The van der Waals surface area contributed by atoms with Crippen LogP contribution in [0.2, 0.25) is 0 Å². The van der Waals surface area contributed by atoms with Crippen molar-refractivity contribution < 1.29 is 28.7 Å². The Bertz CT molecular complexity index is 843. The zero-order valence-electron chi connectivity index (χ0n) is 27.0. The van der Waals surface area contributed by atoms with Crippen LogP contribution >= 0.6 is 0 Å². The standard InChI is InChI=1S/C32H58N4O6/c1-7-14-22(2)30(39)35-29(31(40)33-6)32(36(25(5)38)19-26-15-10-8-11-16-26)42-21-28(34-24(4)37)23(3)41-20-27-17-12-9-13-18-27/h22-23,26-29,32H,7-21H2,1-6H3,(H,33,40)(H,34,37)(H,35,39). The van der Waals surface area contributed by atoms with Crippen LogP contribution in [0.3, 0.4) is 0 Å². The van der Waals surface area contributed by atoms with Crippen LogP contribution in [-0.2, 0) is 28.7 Å². The molecule has 5 unspecified atom stereocenters. The molecule has 4 amide bonds. The minimum Gasteiger partial charge on any atom is -0.376 e. The average molecular weight is 595 g/mol. The smallest absolute Gasteiger partial charge is 0.247 e. The van der Waals surface area contributed by atoms with Gasteiger partial charge in [-0.25, -0.2) is 0 Å². The predicted octanol–water partition coefficient (Wildman–Crippen LogP) is 3.92. The molecule has 10 heteroatoms. The second-order valence-corrected chi connectivity index (χ2v) is 12.5. The minimum absolute atomic E-state index is 0.0123. The van der Waals surface area contributed by atoms with Crippen molar-refractivity contribution in [2.24, 2.45) is 17.8 Å². The molecule has 0 saturated heterocycles. The van der Waals surface area contributed by atoms with Crippen LogP contribution in [-0.4, -0.2) is 79.8 Å². The predicted molar refractivity (Wildman–Crippen MR) is 163 cm³/mol. The molecule has 0 aromatic rings. The maximum atomic E-state index is 13.3. The van der Waals surface area contributed by atoms with Crippen LogP contribution < -0.4 is 16.0 Å². The zero-order valence-corrected chi connectivity index (χ0v) is 27.0. The summed E-state index contributed by atoms with van der Waals surface area (Å²) in [6, 6.07) is -1.62. The lowest BCUT2D eigenvalue weighted by Crippen LogP contribution is -2.62. The van der Waals surface area contributed by atoms with Gasteiger partial charge >= 0.3 is 0 Å². The molecule has 0 heterocycles.